The number of aryl methyl sites for hydroxylation is 2. The van der Waals surface area contributed by atoms with Crippen molar-refractivity contribution in [2.75, 3.05) is 6.54 Å². The van der Waals surface area contributed by atoms with Gasteiger partial charge in [-0.3, -0.25) is 0 Å². The van der Waals surface area contributed by atoms with E-state index in [0.717, 1.165) is 23.3 Å². The highest BCUT2D eigenvalue weighted by Gasteiger charge is 2.10. The molecule has 112 valence electrons. The molecule has 0 saturated heterocycles. The van der Waals surface area contributed by atoms with Gasteiger partial charge in [-0.15, -0.1) is 0 Å². The van der Waals surface area contributed by atoms with Gasteiger partial charge in [0, 0.05) is 5.56 Å². The smallest absolute Gasteiger partial charge is 0.142 e. The van der Waals surface area contributed by atoms with Gasteiger partial charge in [0.25, 0.3) is 0 Å². The Bertz CT molecular complexity index is 620. The molecule has 0 aliphatic heterocycles. The Balaban J connectivity index is 2.18. The molecule has 0 spiro atoms. The van der Waals surface area contributed by atoms with Crippen molar-refractivity contribution in [3.8, 4) is 5.75 Å². The van der Waals surface area contributed by atoms with Gasteiger partial charge in [-0.05, 0) is 49.6 Å². The first-order valence-electron chi connectivity index (χ1n) is 6.88. The fraction of sp³-hybridized carbons (Fsp3) is 0.294. The highest BCUT2D eigenvalue weighted by molar-refractivity contribution is 6.31. The molecule has 2 nitrogen and oxygen atoms in total. The molecule has 2 aromatic rings. The van der Waals surface area contributed by atoms with Gasteiger partial charge in [0.15, 0.2) is 0 Å². The van der Waals surface area contributed by atoms with E-state index in [1.807, 2.05) is 13.8 Å². The van der Waals surface area contributed by atoms with Crippen LogP contribution in [0.3, 0.4) is 0 Å². The van der Waals surface area contributed by atoms with Crippen molar-refractivity contribution in [2.24, 2.45) is 5.73 Å². The summed E-state index contributed by atoms with van der Waals surface area (Å²) >= 11 is 5.94. The summed E-state index contributed by atoms with van der Waals surface area (Å²) < 4.78 is 19.2. The van der Waals surface area contributed by atoms with E-state index in [-0.39, 0.29) is 11.6 Å². The second-order valence-electron chi connectivity index (χ2n) is 5.10. The van der Waals surface area contributed by atoms with E-state index in [0.29, 0.717) is 12.1 Å². The van der Waals surface area contributed by atoms with Crippen LogP contribution in [0, 0.1) is 19.7 Å². The monoisotopic (exact) mass is 307 g/mol. The van der Waals surface area contributed by atoms with Crippen LogP contribution in [-0.2, 0) is 13.0 Å². The van der Waals surface area contributed by atoms with Crippen LogP contribution < -0.4 is 10.5 Å². The lowest BCUT2D eigenvalue weighted by molar-refractivity contribution is 0.301. The molecular formula is C17H19ClFNO. The largest absolute Gasteiger partial charge is 0.488 e. The van der Waals surface area contributed by atoms with E-state index < -0.39 is 5.82 Å². The Labute approximate surface area is 129 Å². The third-order valence-corrected chi connectivity index (χ3v) is 3.78. The summed E-state index contributed by atoms with van der Waals surface area (Å²) in [4.78, 5) is 0. The lowest BCUT2D eigenvalue weighted by Gasteiger charge is -2.14. The number of hydrogen-bond donors (Lipinski definition) is 1. The van der Waals surface area contributed by atoms with E-state index in [1.165, 1.54) is 11.6 Å². The number of hydrogen-bond acceptors (Lipinski definition) is 2. The Kier molecular flexibility index (Phi) is 5.21. The third kappa shape index (κ3) is 3.74. The summed E-state index contributed by atoms with van der Waals surface area (Å²) in [5.41, 5.74) is 9.52. The van der Waals surface area contributed by atoms with Gasteiger partial charge in [-0.1, -0.05) is 35.9 Å². The zero-order chi connectivity index (χ0) is 15.4. The molecular weight excluding hydrogens is 289 g/mol. The van der Waals surface area contributed by atoms with Crippen molar-refractivity contribution in [2.45, 2.75) is 26.9 Å². The van der Waals surface area contributed by atoms with E-state index in [2.05, 4.69) is 12.1 Å². The molecule has 0 aromatic heterocycles. The molecule has 0 atom stereocenters. The van der Waals surface area contributed by atoms with Gasteiger partial charge in [-0.25, -0.2) is 4.39 Å². The average molecular weight is 308 g/mol. The van der Waals surface area contributed by atoms with Gasteiger partial charge in [0.1, 0.15) is 18.2 Å². The van der Waals surface area contributed by atoms with Crippen LogP contribution in [0.5, 0.6) is 5.75 Å². The fourth-order valence-electron chi connectivity index (χ4n) is 2.39. The second-order valence-corrected chi connectivity index (χ2v) is 5.48. The van der Waals surface area contributed by atoms with Crippen molar-refractivity contribution in [1.82, 2.24) is 0 Å². The number of nitrogens with two attached hydrogens (primary N) is 1. The van der Waals surface area contributed by atoms with Gasteiger partial charge in [0.2, 0.25) is 0 Å². The molecule has 0 bridgehead atoms. The van der Waals surface area contributed by atoms with E-state index >= 15 is 0 Å². The van der Waals surface area contributed by atoms with E-state index in [1.54, 1.807) is 12.1 Å². The fourth-order valence-corrected chi connectivity index (χ4v) is 2.57. The van der Waals surface area contributed by atoms with Crippen LogP contribution in [0.2, 0.25) is 5.02 Å². The lowest BCUT2D eigenvalue weighted by atomic mass is 10.0. The van der Waals surface area contributed by atoms with Gasteiger partial charge in [-0.2, -0.15) is 0 Å². The van der Waals surface area contributed by atoms with Gasteiger partial charge in [0.05, 0.1) is 5.02 Å². The maximum atomic E-state index is 13.4. The Hall–Kier alpha value is -1.58. The first kappa shape index (κ1) is 15.8. The van der Waals surface area contributed by atoms with Crippen LogP contribution in [0.1, 0.15) is 22.3 Å². The number of rotatable bonds is 5. The first-order chi connectivity index (χ1) is 10.0. The quantitative estimate of drug-likeness (QED) is 0.899. The van der Waals surface area contributed by atoms with Gasteiger partial charge >= 0.3 is 0 Å². The summed E-state index contributed by atoms with van der Waals surface area (Å²) in [6.45, 7) is 4.86. The van der Waals surface area contributed by atoms with Crippen molar-refractivity contribution in [1.29, 1.82) is 0 Å². The molecule has 2 N–H and O–H groups in total. The van der Waals surface area contributed by atoms with Crippen molar-refractivity contribution >= 4 is 11.6 Å². The van der Waals surface area contributed by atoms with Crippen LogP contribution in [-0.4, -0.2) is 6.54 Å². The maximum Gasteiger partial charge on any atom is 0.142 e. The van der Waals surface area contributed by atoms with Crippen molar-refractivity contribution in [3.05, 3.63) is 63.4 Å². The maximum absolute atomic E-state index is 13.4. The standard InChI is InChI=1S/C17H19ClFNO/c1-11-8-13(6-7-20)9-12(2)17(11)21-10-14-4-3-5-15(19)16(14)18/h3-5,8-9H,6-7,10,20H2,1-2H3. The zero-order valence-corrected chi connectivity index (χ0v) is 13.0. The Morgan fingerprint density at radius 3 is 2.48 bits per heavy atom. The molecule has 0 radical (unpaired) electrons. The number of benzene rings is 2. The summed E-state index contributed by atoms with van der Waals surface area (Å²) in [5, 5.41) is 0.118. The number of ether oxygens (including phenoxy) is 1. The lowest BCUT2D eigenvalue weighted by Crippen LogP contribution is -2.05. The summed E-state index contributed by atoms with van der Waals surface area (Å²) in [6, 6.07) is 8.87. The minimum absolute atomic E-state index is 0.118. The molecule has 2 rings (SSSR count). The van der Waals surface area contributed by atoms with E-state index in [9.17, 15) is 4.39 Å². The summed E-state index contributed by atoms with van der Waals surface area (Å²) in [5.74, 6) is 0.389. The highest BCUT2D eigenvalue weighted by atomic mass is 35.5. The molecule has 21 heavy (non-hydrogen) atoms. The SMILES string of the molecule is Cc1cc(CCN)cc(C)c1OCc1cccc(F)c1Cl. The molecule has 0 saturated carbocycles. The molecule has 0 amide bonds. The number of halogens is 2. The zero-order valence-electron chi connectivity index (χ0n) is 12.2. The molecule has 2 aromatic carbocycles. The minimum atomic E-state index is -0.426. The predicted molar refractivity (Wildman–Crippen MR) is 84.4 cm³/mol. The first-order valence-corrected chi connectivity index (χ1v) is 7.26. The molecule has 0 aliphatic rings. The second kappa shape index (κ2) is 6.92. The minimum Gasteiger partial charge on any atom is -0.488 e. The molecule has 0 heterocycles. The van der Waals surface area contributed by atoms with Crippen LogP contribution in [0.4, 0.5) is 4.39 Å². The summed E-state index contributed by atoms with van der Waals surface area (Å²) in [6.07, 6.45) is 0.845. The van der Waals surface area contributed by atoms with Crippen molar-refractivity contribution < 1.29 is 9.13 Å². The van der Waals surface area contributed by atoms with Gasteiger partial charge < -0.3 is 10.5 Å². The van der Waals surface area contributed by atoms with Crippen LogP contribution in [0.25, 0.3) is 0 Å². The normalized spacial score (nSPS) is 10.7. The van der Waals surface area contributed by atoms with Crippen LogP contribution in [0.15, 0.2) is 30.3 Å². The Morgan fingerprint density at radius 2 is 1.86 bits per heavy atom. The molecule has 0 aliphatic carbocycles. The van der Waals surface area contributed by atoms with Crippen molar-refractivity contribution in [3.63, 3.8) is 0 Å². The molecule has 4 heteroatoms. The molecule has 0 unspecified atom stereocenters. The predicted octanol–water partition coefficient (Wildman–Crippen LogP) is 4.18. The third-order valence-electron chi connectivity index (χ3n) is 3.36. The topological polar surface area (TPSA) is 35.2 Å². The molecule has 0 fully saturated rings. The van der Waals surface area contributed by atoms with E-state index in [4.69, 9.17) is 22.1 Å². The Morgan fingerprint density at radius 1 is 1.19 bits per heavy atom. The highest BCUT2D eigenvalue weighted by Crippen LogP contribution is 2.27. The van der Waals surface area contributed by atoms with Crippen LogP contribution >= 0.6 is 11.6 Å². The average Bonchev–Trinajstić information content (AvgIpc) is 2.42. The summed E-state index contributed by atoms with van der Waals surface area (Å²) in [7, 11) is 0.